The van der Waals surface area contributed by atoms with Crippen molar-refractivity contribution in [2.24, 2.45) is 5.73 Å². The zero-order valence-corrected chi connectivity index (χ0v) is 5.14. The fourth-order valence-corrected chi connectivity index (χ4v) is 0.953. The molecule has 8 heavy (non-hydrogen) atoms. The molecule has 1 rings (SSSR count). The average Bonchev–Trinajstić information content (AvgIpc) is 1.77. The first-order valence-electron chi connectivity index (χ1n) is 3.10. The van der Waals surface area contributed by atoms with Crippen LogP contribution in [0.3, 0.4) is 0 Å². The first-order chi connectivity index (χ1) is 3.79. The molecule has 0 atom stereocenters. The number of nitrogens with two attached hydrogens (primary N) is 1. The Hall–Kier alpha value is -0.0800. The van der Waals surface area contributed by atoms with Gasteiger partial charge in [0.05, 0.1) is 0 Å². The zero-order valence-electron chi connectivity index (χ0n) is 5.14. The Bertz CT molecular complexity index is 54.9. The van der Waals surface area contributed by atoms with Gasteiger partial charge in [-0.15, -0.1) is 0 Å². The Morgan fingerprint density at radius 3 is 2.25 bits per heavy atom. The summed E-state index contributed by atoms with van der Waals surface area (Å²) >= 11 is 0. The number of piperidine rings is 1. The Labute approximate surface area is 50.7 Å². The molecule has 0 aromatic rings. The molecular formula is C6H13N2-. The van der Waals surface area contributed by atoms with Crippen molar-refractivity contribution in [2.45, 2.75) is 18.9 Å². The van der Waals surface area contributed by atoms with Gasteiger partial charge in [-0.05, 0) is 25.9 Å². The summed E-state index contributed by atoms with van der Waals surface area (Å²) in [4.78, 5) is 2.07. The maximum absolute atomic E-state index is 5.64. The highest BCUT2D eigenvalue weighted by molar-refractivity contribution is 4.72. The maximum atomic E-state index is 5.64. The van der Waals surface area contributed by atoms with Crippen molar-refractivity contribution in [3.05, 3.63) is 7.05 Å². The highest BCUT2D eigenvalue weighted by Crippen LogP contribution is 2.05. The molecule has 0 aliphatic carbocycles. The van der Waals surface area contributed by atoms with Crippen LogP contribution in [0.4, 0.5) is 0 Å². The third kappa shape index (κ3) is 1.46. The van der Waals surface area contributed by atoms with Crippen molar-refractivity contribution >= 4 is 0 Å². The molecule has 1 saturated heterocycles. The van der Waals surface area contributed by atoms with Crippen LogP contribution in [0.1, 0.15) is 12.8 Å². The molecule has 1 aliphatic heterocycles. The standard InChI is InChI=1S/C6H13N2/c1-8-4-2-6(7)3-5-8/h6H,1-5,7H2/q-1. The molecule has 0 bridgehead atoms. The summed E-state index contributed by atoms with van der Waals surface area (Å²) in [5.41, 5.74) is 5.64. The van der Waals surface area contributed by atoms with E-state index >= 15 is 0 Å². The van der Waals surface area contributed by atoms with E-state index in [-0.39, 0.29) is 0 Å². The van der Waals surface area contributed by atoms with Crippen LogP contribution in [0.5, 0.6) is 0 Å². The van der Waals surface area contributed by atoms with E-state index in [1.54, 1.807) is 0 Å². The summed E-state index contributed by atoms with van der Waals surface area (Å²) in [6.07, 6.45) is 2.23. The van der Waals surface area contributed by atoms with E-state index in [9.17, 15) is 0 Å². The summed E-state index contributed by atoms with van der Waals surface area (Å²) in [7, 11) is 3.81. The van der Waals surface area contributed by atoms with Gasteiger partial charge in [0.25, 0.3) is 0 Å². The largest absolute Gasteiger partial charge is 0.459 e. The van der Waals surface area contributed by atoms with E-state index in [0.29, 0.717) is 6.04 Å². The quantitative estimate of drug-likeness (QED) is 0.455. The Morgan fingerprint density at radius 1 is 1.38 bits per heavy atom. The summed E-state index contributed by atoms with van der Waals surface area (Å²) in [5, 5.41) is 0. The molecule has 0 saturated carbocycles. The molecule has 1 fully saturated rings. The van der Waals surface area contributed by atoms with Crippen LogP contribution in [0.2, 0.25) is 0 Å². The number of likely N-dealkylation sites (tertiary alicyclic amines) is 1. The van der Waals surface area contributed by atoms with Crippen molar-refractivity contribution in [3.8, 4) is 0 Å². The predicted molar refractivity (Wildman–Crippen MR) is 34.1 cm³/mol. The normalized spacial score (nSPS) is 26.2. The van der Waals surface area contributed by atoms with Gasteiger partial charge in [-0.25, -0.2) is 0 Å². The Kier molecular flexibility index (Phi) is 1.86. The molecule has 0 unspecified atom stereocenters. The molecule has 0 aromatic carbocycles. The third-order valence-electron chi connectivity index (χ3n) is 1.63. The Balaban J connectivity index is 2.19. The highest BCUT2D eigenvalue weighted by Gasteiger charge is 2.07. The van der Waals surface area contributed by atoms with Crippen LogP contribution in [-0.4, -0.2) is 24.0 Å². The fourth-order valence-electron chi connectivity index (χ4n) is 0.953. The van der Waals surface area contributed by atoms with Crippen molar-refractivity contribution in [3.63, 3.8) is 0 Å². The molecular weight excluding hydrogens is 100 g/mol. The molecule has 2 heteroatoms. The highest BCUT2D eigenvalue weighted by atomic mass is 15.1. The van der Waals surface area contributed by atoms with E-state index < -0.39 is 0 Å². The van der Waals surface area contributed by atoms with Crippen LogP contribution >= 0.6 is 0 Å². The van der Waals surface area contributed by atoms with Crippen LogP contribution in [0.25, 0.3) is 0 Å². The summed E-state index contributed by atoms with van der Waals surface area (Å²) in [6, 6.07) is 0.438. The van der Waals surface area contributed by atoms with Crippen molar-refractivity contribution in [1.82, 2.24) is 4.90 Å². The molecule has 1 aliphatic rings. The van der Waals surface area contributed by atoms with Crippen LogP contribution in [0.15, 0.2) is 0 Å². The van der Waals surface area contributed by atoms with Gasteiger partial charge in [0.15, 0.2) is 0 Å². The first-order valence-corrected chi connectivity index (χ1v) is 3.10. The van der Waals surface area contributed by atoms with Crippen LogP contribution in [-0.2, 0) is 0 Å². The van der Waals surface area contributed by atoms with Gasteiger partial charge in [-0.2, -0.15) is 0 Å². The SMILES string of the molecule is [CH2-]N1CCC(N)CC1. The van der Waals surface area contributed by atoms with E-state index in [4.69, 9.17) is 5.73 Å². The van der Waals surface area contributed by atoms with Crippen LogP contribution in [0, 0.1) is 7.05 Å². The molecule has 48 valence electrons. The first kappa shape index (κ1) is 6.05. The van der Waals surface area contributed by atoms with E-state index in [2.05, 4.69) is 11.9 Å². The predicted octanol–water partition coefficient (Wildman–Crippen LogP) is 0.201. The lowest BCUT2D eigenvalue weighted by molar-refractivity contribution is 0.281. The number of nitrogens with zero attached hydrogens (tertiary/aromatic N) is 1. The van der Waals surface area contributed by atoms with Gasteiger partial charge in [0.1, 0.15) is 0 Å². The lowest BCUT2D eigenvalue weighted by Crippen LogP contribution is -2.36. The van der Waals surface area contributed by atoms with Crippen molar-refractivity contribution in [2.75, 3.05) is 13.1 Å². The second-order valence-electron chi connectivity index (χ2n) is 2.46. The fraction of sp³-hybridized carbons (Fsp3) is 0.833. The average molecular weight is 113 g/mol. The van der Waals surface area contributed by atoms with Gasteiger partial charge < -0.3 is 10.6 Å². The number of hydrogen-bond donors (Lipinski definition) is 1. The maximum Gasteiger partial charge on any atom is 0.00613 e. The molecule has 2 nitrogen and oxygen atoms in total. The van der Waals surface area contributed by atoms with Crippen molar-refractivity contribution < 1.29 is 0 Å². The number of rotatable bonds is 0. The van der Waals surface area contributed by atoms with E-state index in [1.165, 1.54) is 0 Å². The van der Waals surface area contributed by atoms with Gasteiger partial charge in [0, 0.05) is 6.04 Å². The minimum Gasteiger partial charge on any atom is -0.459 e. The monoisotopic (exact) mass is 113 g/mol. The molecule has 0 amide bonds. The lowest BCUT2D eigenvalue weighted by Gasteiger charge is -2.32. The Morgan fingerprint density at radius 2 is 1.88 bits per heavy atom. The second kappa shape index (κ2) is 2.46. The van der Waals surface area contributed by atoms with Crippen LogP contribution < -0.4 is 5.73 Å². The smallest absolute Gasteiger partial charge is 0.00613 e. The summed E-state index contributed by atoms with van der Waals surface area (Å²) < 4.78 is 0. The lowest BCUT2D eigenvalue weighted by atomic mass is 10.1. The van der Waals surface area contributed by atoms with Gasteiger partial charge >= 0.3 is 0 Å². The third-order valence-corrected chi connectivity index (χ3v) is 1.63. The van der Waals surface area contributed by atoms with Gasteiger partial charge in [-0.3, -0.25) is 7.05 Å². The molecule has 0 radical (unpaired) electrons. The van der Waals surface area contributed by atoms with Gasteiger partial charge in [0.2, 0.25) is 0 Å². The van der Waals surface area contributed by atoms with E-state index in [0.717, 1.165) is 25.9 Å². The molecule has 0 spiro atoms. The van der Waals surface area contributed by atoms with Crippen molar-refractivity contribution in [1.29, 1.82) is 0 Å². The minimum absolute atomic E-state index is 0.438. The zero-order chi connectivity index (χ0) is 5.98. The molecule has 0 aromatic heterocycles. The number of hydrogen-bond acceptors (Lipinski definition) is 2. The minimum atomic E-state index is 0.438. The summed E-state index contributed by atoms with van der Waals surface area (Å²) in [5.74, 6) is 0. The second-order valence-corrected chi connectivity index (χ2v) is 2.46. The topological polar surface area (TPSA) is 29.3 Å². The van der Waals surface area contributed by atoms with Gasteiger partial charge in [-0.1, -0.05) is 0 Å². The summed E-state index contributed by atoms with van der Waals surface area (Å²) in [6.45, 7) is 2.14. The molecule has 1 heterocycles. The molecule has 2 N–H and O–H groups in total. The van der Waals surface area contributed by atoms with E-state index in [1.807, 2.05) is 0 Å².